The van der Waals surface area contributed by atoms with Crippen LogP contribution in [0.15, 0.2) is 46.9 Å². The zero-order valence-corrected chi connectivity index (χ0v) is 18.3. The predicted octanol–water partition coefficient (Wildman–Crippen LogP) is 3.51. The van der Waals surface area contributed by atoms with Crippen molar-refractivity contribution in [3.05, 3.63) is 65.0 Å². The first-order valence-corrected chi connectivity index (χ1v) is 11.6. The monoisotopic (exact) mass is 440 g/mol. The summed E-state index contributed by atoms with van der Waals surface area (Å²) in [6.07, 6.45) is 0.964. The first kappa shape index (κ1) is 21.1. The van der Waals surface area contributed by atoms with Crippen LogP contribution in [0.2, 0.25) is 0 Å². The highest BCUT2D eigenvalue weighted by atomic mass is 32.2. The average molecular weight is 441 g/mol. The Labute approximate surface area is 183 Å². The fourth-order valence-corrected chi connectivity index (χ4v) is 4.29. The molecule has 8 heteroatoms. The summed E-state index contributed by atoms with van der Waals surface area (Å²) in [5, 5.41) is 2.79. The van der Waals surface area contributed by atoms with Crippen molar-refractivity contribution in [2.75, 3.05) is 12.5 Å². The number of hydrogen-bond donors (Lipinski definition) is 1. The number of carbonyl (C=O) groups excluding carboxylic acids is 1. The zero-order chi connectivity index (χ0) is 21.8. The summed E-state index contributed by atoms with van der Waals surface area (Å²) in [5.74, 6) is 2.25. The molecule has 0 fully saturated rings. The SMILES string of the molecule is CCc1ccc(-c2nc(C[S@@](=O)CC(=O)NCc3ccc4c(c3)OCO4)c(C)o2)cc1. The standard InChI is InChI=1S/C23H24N2O5S/c1-3-16-4-7-18(8-5-16)23-25-19(15(2)30-23)12-31(27)13-22(26)24-11-17-6-9-20-21(10-17)29-14-28-20/h4-10H,3,11-14H2,1-2H3,(H,24,26)/t31-/m1/s1. The van der Waals surface area contributed by atoms with E-state index in [1.54, 1.807) is 6.92 Å². The molecule has 0 radical (unpaired) electrons. The van der Waals surface area contributed by atoms with E-state index in [-0.39, 0.29) is 24.2 Å². The molecular weight excluding hydrogens is 416 g/mol. The Morgan fingerprint density at radius 2 is 1.84 bits per heavy atom. The quantitative estimate of drug-likeness (QED) is 0.577. The number of fused-ring (bicyclic) bond motifs is 1. The molecule has 1 aliphatic heterocycles. The van der Waals surface area contributed by atoms with Gasteiger partial charge in [-0.05, 0) is 48.7 Å². The van der Waals surface area contributed by atoms with Gasteiger partial charge in [-0.1, -0.05) is 25.1 Å². The number of hydrogen-bond acceptors (Lipinski definition) is 6. The molecule has 1 aliphatic rings. The molecule has 1 N–H and O–H groups in total. The Balaban J connectivity index is 1.31. The minimum atomic E-state index is -1.40. The van der Waals surface area contributed by atoms with Crippen molar-refractivity contribution in [2.45, 2.75) is 32.6 Å². The number of nitrogens with zero attached hydrogens (tertiary/aromatic N) is 1. The van der Waals surface area contributed by atoms with Crippen LogP contribution in [0.3, 0.4) is 0 Å². The van der Waals surface area contributed by atoms with Crippen LogP contribution >= 0.6 is 0 Å². The Bertz CT molecular complexity index is 1110. The lowest BCUT2D eigenvalue weighted by molar-refractivity contribution is -0.118. The van der Waals surface area contributed by atoms with E-state index in [4.69, 9.17) is 13.9 Å². The van der Waals surface area contributed by atoms with Crippen molar-refractivity contribution < 1.29 is 22.9 Å². The number of aryl methyl sites for hydroxylation is 2. The van der Waals surface area contributed by atoms with Crippen molar-refractivity contribution in [1.82, 2.24) is 10.3 Å². The van der Waals surface area contributed by atoms with Crippen molar-refractivity contribution in [1.29, 1.82) is 0 Å². The Morgan fingerprint density at radius 3 is 2.61 bits per heavy atom. The summed E-state index contributed by atoms with van der Waals surface area (Å²) >= 11 is 0. The lowest BCUT2D eigenvalue weighted by Crippen LogP contribution is -2.28. The Kier molecular flexibility index (Phi) is 6.36. The zero-order valence-electron chi connectivity index (χ0n) is 17.5. The van der Waals surface area contributed by atoms with E-state index in [0.29, 0.717) is 35.4 Å². The molecule has 7 nitrogen and oxygen atoms in total. The van der Waals surface area contributed by atoms with E-state index in [0.717, 1.165) is 17.5 Å². The van der Waals surface area contributed by atoms with Gasteiger partial charge in [0.1, 0.15) is 11.5 Å². The molecule has 2 heterocycles. The minimum absolute atomic E-state index is 0.0998. The van der Waals surface area contributed by atoms with Gasteiger partial charge in [-0.2, -0.15) is 0 Å². The normalized spacial score (nSPS) is 13.2. The number of benzene rings is 2. The van der Waals surface area contributed by atoms with Gasteiger partial charge in [0.05, 0.1) is 11.4 Å². The lowest BCUT2D eigenvalue weighted by Gasteiger charge is -2.06. The number of amides is 1. The average Bonchev–Trinajstić information content (AvgIpc) is 3.38. The van der Waals surface area contributed by atoms with Gasteiger partial charge in [0, 0.05) is 22.9 Å². The molecule has 162 valence electrons. The maximum Gasteiger partial charge on any atom is 0.232 e. The van der Waals surface area contributed by atoms with Crippen LogP contribution in [0.1, 0.15) is 29.5 Å². The lowest BCUT2D eigenvalue weighted by atomic mass is 10.1. The van der Waals surface area contributed by atoms with Crippen molar-refractivity contribution in [3.63, 3.8) is 0 Å². The fourth-order valence-electron chi connectivity index (χ4n) is 3.22. The molecule has 0 aliphatic carbocycles. The molecule has 1 aromatic heterocycles. The van der Waals surface area contributed by atoms with Gasteiger partial charge in [0.25, 0.3) is 0 Å². The second kappa shape index (κ2) is 9.34. The molecule has 0 saturated heterocycles. The second-order valence-corrected chi connectivity index (χ2v) is 8.72. The smallest absolute Gasteiger partial charge is 0.232 e. The van der Waals surface area contributed by atoms with Crippen LogP contribution in [0, 0.1) is 6.92 Å². The number of carbonyl (C=O) groups is 1. The van der Waals surface area contributed by atoms with E-state index in [1.807, 2.05) is 42.5 Å². The molecule has 1 atom stereocenters. The summed E-state index contributed by atoms with van der Waals surface area (Å²) in [4.78, 5) is 16.7. The topological polar surface area (TPSA) is 90.7 Å². The van der Waals surface area contributed by atoms with Gasteiger partial charge in [0.2, 0.25) is 18.6 Å². The summed E-state index contributed by atoms with van der Waals surface area (Å²) in [5.41, 5.74) is 3.60. The van der Waals surface area contributed by atoms with E-state index in [1.165, 1.54) is 5.56 Å². The van der Waals surface area contributed by atoms with Gasteiger partial charge in [0.15, 0.2) is 11.5 Å². The van der Waals surface area contributed by atoms with Crippen LogP contribution in [0.25, 0.3) is 11.5 Å². The van der Waals surface area contributed by atoms with Gasteiger partial charge >= 0.3 is 0 Å². The minimum Gasteiger partial charge on any atom is -0.454 e. The molecule has 0 spiro atoms. The molecule has 4 rings (SSSR count). The third kappa shape index (κ3) is 5.14. The van der Waals surface area contributed by atoms with E-state index in [2.05, 4.69) is 17.2 Å². The Morgan fingerprint density at radius 1 is 1.10 bits per heavy atom. The number of aromatic nitrogens is 1. The molecule has 0 saturated carbocycles. The van der Waals surface area contributed by atoms with Crippen LogP contribution < -0.4 is 14.8 Å². The maximum atomic E-state index is 12.5. The van der Waals surface area contributed by atoms with Crippen molar-refractivity contribution in [2.24, 2.45) is 0 Å². The number of oxazole rings is 1. The third-order valence-corrected chi connectivity index (χ3v) is 6.20. The number of nitrogens with one attached hydrogen (secondary N) is 1. The maximum absolute atomic E-state index is 12.5. The first-order chi connectivity index (χ1) is 15.0. The van der Waals surface area contributed by atoms with Crippen LogP contribution in [0.5, 0.6) is 11.5 Å². The highest BCUT2D eigenvalue weighted by molar-refractivity contribution is 7.84. The highest BCUT2D eigenvalue weighted by Crippen LogP contribution is 2.32. The molecular formula is C23H24N2O5S. The molecule has 31 heavy (non-hydrogen) atoms. The third-order valence-electron chi connectivity index (χ3n) is 5.02. The van der Waals surface area contributed by atoms with Crippen LogP contribution in [0.4, 0.5) is 0 Å². The molecule has 1 amide bonds. The number of ether oxygens (including phenoxy) is 2. The van der Waals surface area contributed by atoms with E-state index < -0.39 is 10.8 Å². The van der Waals surface area contributed by atoms with E-state index >= 15 is 0 Å². The van der Waals surface area contributed by atoms with E-state index in [9.17, 15) is 9.00 Å². The summed E-state index contributed by atoms with van der Waals surface area (Å²) in [6, 6.07) is 13.5. The first-order valence-electron chi connectivity index (χ1n) is 10.1. The second-order valence-electron chi connectivity index (χ2n) is 7.27. The highest BCUT2D eigenvalue weighted by Gasteiger charge is 2.17. The summed E-state index contributed by atoms with van der Waals surface area (Å²) in [6.45, 7) is 4.43. The molecule has 2 aromatic carbocycles. The summed E-state index contributed by atoms with van der Waals surface area (Å²) in [7, 11) is -1.40. The molecule has 0 unspecified atom stereocenters. The largest absolute Gasteiger partial charge is 0.454 e. The van der Waals surface area contributed by atoms with Gasteiger partial charge in [-0.3, -0.25) is 9.00 Å². The fraction of sp³-hybridized carbons (Fsp3) is 0.304. The van der Waals surface area contributed by atoms with Gasteiger partial charge in [-0.25, -0.2) is 4.98 Å². The summed E-state index contributed by atoms with van der Waals surface area (Å²) < 4.78 is 28.9. The molecule has 0 bridgehead atoms. The molecule has 3 aromatic rings. The Hall–Kier alpha value is -3.13. The predicted molar refractivity (Wildman–Crippen MR) is 117 cm³/mol. The van der Waals surface area contributed by atoms with Gasteiger partial charge < -0.3 is 19.2 Å². The van der Waals surface area contributed by atoms with Crippen molar-refractivity contribution >= 4 is 16.7 Å². The van der Waals surface area contributed by atoms with Crippen molar-refractivity contribution in [3.8, 4) is 23.0 Å². The van der Waals surface area contributed by atoms with Crippen LogP contribution in [-0.4, -0.2) is 27.6 Å². The van der Waals surface area contributed by atoms with Crippen LogP contribution in [-0.2, 0) is 34.3 Å². The number of rotatable bonds is 8. The van der Waals surface area contributed by atoms with Gasteiger partial charge in [-0.15, -0.1) is 0 Å².